The van der Waals surface area contributed by atoms with Crippen molar-refractivity contribution in [1.29, 1.82) is 0 Å². The lowest BCUT2D eigenvalue weighted by Gasteiger charge is -2.14. The van der Waals surface area contributed by atoms with Crippen molar-refractivity contribution in [1.82, 2.24) is 10.4 Å². The molecule has 0 saturated carbocycles. The second kappa shape index (κ2) is 7.45. The van der Waals surface area contributed by atoms with Gasteiger partial charge in [0.1, 0.15) is 5.75 Å². The van der Waals surface area contributed by atoms with E-state index in [2.05, 4.69) is 17.6 Å². The highest BCUT2D eigenvalue weighted by atomic mass is 16.5. The summed E-state index contributed by atoms with van der Waals surface area (Å²) < 4.78 is 5.63. The number of benzene rings is 2. The molecule has 2 rings (SSSR count). The maximum absolute atomic E-state index is 11.6. The van der Waals surface area contributed by atoms with Crippen LogP contribution in [-0.2, 0) is 11.2 Å². The molecule has 4 heteroatoms. The Morgan fingerprint density at radius 3 is 2.43 bits per heavy atom. The SMILES string of the molecule is CN(C)NC(=O)COc1ccccc1Cc1ccccc1. The van der Waals surface area contributed by atoms with Gasteiger partial charge in [-0.1, -0.05) is 48.5 Å². The molecule has 0 fully saturated rings. The Bertz CT molecular complexity index is 582. The summed E-state index contributed by atoms with van der Waals surface area (Å²) in [7, 11) is 3.53. The Hall–Kier alpha value is -2.33. The van der Waals surface area contributed by atoms with E-state index in [4.69, 9.17) is 4.74 Å². The molecule has 0 aliphatic carbocycles. The van der Waals surface area contributed by atoms with Crippen LogP contribution in [0.2, 0.25) is 0 Å². The zero-order valence-electron chi connectivity index (χ0n) is 12.4. The number of hydrogen-bond donors (Lipinski definition) is 1. The standard InChI is InChI=1S/C17H20N2O2/c1-19(2)18-17(20)13-21-16-11-7-6-10-15(16)12-14-8-4-3-5-9-14/h3-11H,12-13H2,1-2H3,(H,18,20). The Morgan fingerprint density at radius 2 is 1.71 bits per heavy atom. The van der Waals surface area contributed by atoms with Crippen LogP contribution in [0.3, 0.4) is 0 Å². The number of ether oxygens (including phenoxy) is 1. The molecule has 1 amide bonds. The number of rotatable bonds is 6. The van der Waals surface area contributed by atoms with Crippen molar-refractivity contribution < 1.29 is 9.53 Å². The lowest BCUT2D eigenvalue weighted by Crippen LogP contribution is -2.39. The fourth-order valence-corrected chi connectivity index (χ4v) is 2.03. The fraction of sp³-hybridized carbons (Fsp3) is 0.235. The first-order valence-corrected chi connectivity index (χ1v) is 6.86. The normalized spacial score (nSPS) is 10.4. The van der Waals surface area contributed by atoms with Gasteiger partial charge in [-0.2, -0.15) is 0 Å². The van der Waals surface area contributed by atoms with Gasteiger partial charge >= 0.3 is 0 Å². The number of carbonyl (C=O) groups excluding carboxylic acids is 1. The first-order chi connectivity index (χ1) is 10.1. The van der Waals surface area contributed by atoms with Gasteiger partial charge in [-0.05, 0) is 17.2 Å². The topological polar surface area (TPSA) is 41.6 Å². The third-order valence-corrected chi connectivity index (χ3v) is 2.92. The van der Waals surface area contributed by atoms with E-state index in [1.807, 2.05) is 42.5 Å². The van der Waals surface area contributed by atoms with Gasteiger partial charge in [-0.25, -0.2) is 5.01 Å². The van der Waals surface area contributed by atoms with Crippen molar-refractivity contribution >= 4 is 5.91 Å². The molecule has 4 nitrogen and oxygen atoms in total. The highest BCUT2D eigenvalue weighted by Crippen LogP contribution is 2.21. The summed E-state index contributed by atoms with van der Waals surface area (Å²) in [5.74, 6) is 0.574. The number of nitrogens with one attached hydrogen (secondary N) is 1. The molecule has 2 aromatic carbocycles. The first-order valence-electron chi connectivity index (χ1n) is 6.86. The molecule has 0 aromatic heterocycles. The molecule has 2 aromatic rings. The Morgan fingerprint density at radius 1 is 1.05 bits per heavy atom. The van der Waals surface area contributed by atoms with Gasteiger partial charge in [-0.3, -0.25) is 10.2 Å². The minimum absolute atomic E-state index is 0.00395. The van der Waals surface area contributed by atoms with Gasteiger partial charge in [-0.15, -0.1) is 0 Å². The predicted molar refractivity (Wildman–Crippen MR) is 83.0 cm³/mol. The lowest BCUT2D eigenvalue weighted by molar-refractivity contribution is -0.126. The van der Waals surface area contributed by atoms with Gasteiger partial charge in [0.15, 0.2) is 6.61 Å². The molecule has 110 valence electrons. The predicted octanol–water partition coefficient (Wildman–Crippen LogP) is 2.25. The Balaban J connectivity index is 2.02. The average Bonchev–Trinajstić information content (AvgIpc) is 2.47. The van der Waals surface area contributed by atoms with E-state index in [0.29, 0.717) is 0 Å². The van der Waals surface area contributed by atoms with Crippen LogP contribution in [0.25, 0.3) is 0 Å². The number of para-hydroxylation sites is 1. The smallest absolute Gasteiger partial charge is 0.272 e. The van der Waals surface area contributed by atoms with E-state index >= 15 is 0 Å². The van der Waals surface area contributed by atoms with Gasteiger partial charge in [0.25, 0.3) is 5.91 Å². The van der Waals surface area contributed by atoms with Gasteiger partial charge in [0.05, 0.1) is 0 Å². The summed E-state index contributed by atoms with van der Waals surface area (Å²) >= 11 is 0. The Kier molecular flexibility index (Phi) is 5.35. The van der Waals surface area contributed by atoms with E-state index in [9.17, 15) is 4.79 Å². The molecule has 0 aliphatic heterocycles. The van der Waals surface area contributed by atoms with Crippen LogP contribution >= 0.6 is 0 Å². The van der Waals surface area contributed by atoms with Crippen LogP contribution in [0.5, 0.6) is 5.75 Å². The number of carbonyl (C=O) groups is 1. The van der Waals surface area contributed by atoms with Gasteiger partial charge < -0.3 is 4.74 Å². The minimum atomic E-state index is -0.172. The highest BCUT2D eigenvalue weighted by Gasteiger charge is 2.07. The molecule has 0 saturated heterocycles. The monoisotopic (exact) mass is 284 g/mol. The maximum Gasteiger partial charge on any atom is 0.272 e. The van der Waals surface area contributed by atoms with Gasteiger partial charge in [0, 0.05) is 20.5 Å². The number of hydrogen-bond acceptors (Lipinski definition) is 3. The van der Waals surface area contributed by atoms with Crippen LogP contribution in [-0.4, -0.2) is 31.6 Å². The van der Waals surface area contributed by atoms with E-state index in [-0.39, 0.29) is 12.5 Å². The average molecular weight is 284 g/mol. The summed E-state index contributed by atoms with van der Waals surface area (Å²) in [5, 5.41) is 1.60. The largest absolute Gasteiger partial charge is 0.483 e. The van der Waals surface area contributed by atoms with Crippen LogP contribution in [0.1, 0.15) is 11.1 Å². The zero-order chi connectivity index (χ0) is 15.1. The van der Waals surface area contributed by atoms with Crippen molar-refractivity contribution in [3.05, 3.63) is 65.7 Å². The van der Waals surface area contributed by atoms with Crippen molar-refractivity contribution in [3.8, 4) is 5.75 Å². The van der Waals surface area contributed by atoms with E-state index < -0.39 is 0 Å². The second-order valence-electron chi connectivity index (χ2n) is 4.99. The van der Waals surface area contributed by atoms with Crippen molar-refractivity contribution in [2.45, 2.75) is 6.42 Å². The molecule has 0 radical (unpaired) electrons. The summed E-state index contributed by atoms with van der Waals surface area (Å²) in [6.45, 7) is 0.00395. The molecule has 21 heavy (non-hydrogen) atoms. The highest BCUT2D eigenvalue weighted by molar-refractivity contribution is 5.77. The van der Waals surface area contributed by atoms with Crippen LogP contribution in [0.15, 0.2) is 54.6 Å². The molecule has 0 heterocycles. The van der Waals surface area contributed by atoms with Crippen LogP contribution < -0.4 is 10.2 Å². The van der Waals surface area contributed by atoms with E-state index in [1.165, 1.54) is 5.56 Å². The molecule has 0 unspecified atom stereocenters. The van der Waals surface area contributed by atoms with Crippen molar-refractivity contribution in [3.63, 3.8) is 0 Å². The van der Waals surface area contributed by atoms with E-state index in [0.717, 1.165) is 17.7 Å². The second-order valence-corrected chi connectivity index (χ2v) is 4.99. The molecular formula is C17H20N2O2. The third kappa shape index (κ3) is 4.93. The maximum atomic E-state index is 11.6. The molecule has 0 bridgehead atoms. The molecular weight excluding hydrogens is 264 g/mol. The summed E-state index contributed by atoms with van der Waals surface area (Å²) in [6.07, 6.45) is 0.784. The number of amides is 1. The molecule has 1 N–H and O–H groups in total. The summed E-state index contributed by atoms with van der Waals surface area (Å²) in [6, 6.07) is 18.0. The quantitative estimate of drug-likeness (QED) is 0.827. The first kappa shape index (κ1) is 15.1. The molecule has 0 spiro atoms. The van der Waals surface area contributed by atoms with Crippen molar-refractivity contribution in [2.75, 3.05) is 20.7 Å². The zero-order valence-corrected chi connectivity index (χ0v) is 12.4. The fourth-order valence-electron chi connectivity index (χ4n) is 2.03. The minimum Gasteiger partial charge on any atom is -0.483 e. The summed E-state index contributed by atoms with van der Waals surface area (Å²) in [4.78, 5) is 11.6. The van der Waals surface area contributed by atoms with Crippen LogP contribution in [0, 0.1) is 0 Å². The van der Waals surface area contributed by atoms with Crippen LogP contribution in [0.4, 0.5) is 0 Å². The number of hydrazine groups is 1. The van der Waals surface area contributed by atoms with Crippen molar-refractivity contribution in [2.24, 2.45) is 0 Å². The Labute approximate surface area is 125 Å². The number of nitrogens with zero attached hydrogens (tertiary/aromatic N) is 1. The summed E-state index contributed by atoms with van der Waals surface area (Å²) in [5.41, 5.74) is 4.94. The van der Waals surface area contributed by atoms with Gasteiger partial charge in [0.2, 0.25) is 0 Å². The van der Waals surface area contributed by atoms with E-state index in [1.54, 1.807) is 19.1 Å². The third-order valence-electron chi connectivity index (χ3n) is 2.92. The lowest BCUT2D eigenvalue weighted by atomic mass is 10.0. The molecule has 0 atom stereocenters. The molecule has 0 aliphatic rings.